The number of aliphatic hydroxyl groups is 1. The lowest BCUT2D eigenvalue weighted by Gasteiger charge is -2.33. The van der Waals surface area contributed by atoms with Crippen LogP contribution in [0, 0.1) is 0 Å². The van der Waals surface area contributed by atoms with Crippen LogP contribution in [0.5, 0.6) is 5.75 Å². The van der Waals surface area contributed by atoms with Crippen molar-refractivity contribution in [3.8, 4) is 5.75 Å². The molecule has 0 radical (unpaired) electrons. The van der Waals surface area contributed by atoms with Crippen LogP contribution in [0.15, 0.2) is 24.3 Å². The van der Waals surface area contributed by atoms with Crippen LogP contribution in [0.4, 0.5) is 13.2 Å². The molecule has 4 nitrogen and oxygen atoms in total. The monoisotopic (exact) mass is 374 g/mol. The molecule has 0 bridgehead atoms. The third-order valence-electron chi connectivity index (χ3n) is 4.51. The van der Waals surface area contributed by atoms with Crippen LogP contribution in [0.3, 0.4) is 0 Å². The number of hydrogen-bond acceptors (Lipinski definition) is 4. The van der Waals surface area contributed by atoms with Gasteiger partial charge in [0.25, 0.3) is 0 Å². The summed E-state index contributed by atoms with van der Waals surface area (Å²) in [6.45, 7) is 5.69. The second-order valence-electron chi connectivity index (χ2n) is 7.14. The molecule has 0 saturated carbocycles. The summed E-state index contributed by atoms with van der Waals surface area (Å²) in [5.41, 5.74) is 0.790. The predicted octanol–water partition coefficient (Wildman–Crippen LogP) is 3.51. The van der Waals surface area contributed by atoms with Crippen molar-refractivity contribution in [3.05, 3.63) is 29.8 Å². The molecule has 1 aromatic rings. The van der Waals surface area contributed by atoms with Crippen molar-refractivity contribution in [3.63, 3.8) is 0 Å². The van der Waals surface area contributed by atoms with Gasteiger partial charge in [-0.1, -0.05) is 12.1 Å². The molecule has 0 aromatic heterocycles. The van der Waals surface area contributed by atoms with E-state index in [4.69, 9.17) is 4.74 Å². The average Bonchev–Trinajstić information content (AvgIpc) is 2.58. The summed E-state index contributed by atoms with van der Waals surface area (Å²) in [6, 6.07) is 7.64. The number of ether oxygens (including phenoxy) is 1. The van der Waals surface area contributed by atoms with Gasteiger partial charge in [-0.2, -0.15) is 13.2 Å². The van der Waals surface area contributed by atoms with E-state index in [1.807, 2.05) is 43.0 Å². The Labute approximate surface area is 153 Å². The molecule has 1 aliphatic rings. The second kappa shape index (κ2) is 9.58. The Morgan fingerprint density at radius 2 is 1.96 bits per heavy atom. The van der Waals surface area contributed by atoms with Gasteiger partial charge in [-0.15, -0.1) is 0 Å². The van der Waals surface area contributed by atoms with Gasteiger partial charge in [0, 0.05) is 19.1 Å². The van der Waals surface area contributed by atoms with Crippen molar-refractivity contribution in [1.29, 1.82) is 0 Å². The van der Waals surface area contributed by atoms with Crippen LogP contribution >= 0.6 is 0 Å². The van der Waals surface area contributed by atoms with Crippen LogP contribution in [0.25, 0.3) is 0 Å². The first-order valence-corrected chi connectivity index (χ1v) is 9.20. The Hall–Kier alpha value is -1.31. The Kier molecular flexibility index (Phi) is 7.73. The van der Waals surface area contributed by atoms with E-state index in [1.165, 1.54) is 0 Å². The fourth-order valence-corrected chi connectivity index (χ4v) is 3.11. The van der Waals surface area contributed by atoms with Gasteiger partial charge in [0.2, 0.25) is 0 Å². The van der Waals surface area contributed by atoms with Crippen LogP contribution < -0.4 is 10.1 Å². The molecule has 26 heavy (non-hydrogen) atoms. The Morgan fingerprint density at radius 3 is 2.58 bits per heavy atom. The molecule has 0 amide bonds. The lowest BCUT2D eigenvalue weighted by molar-refractivity contribution is -0.138. The number of benzene rings is 1. The van der Waals surface area contributed by atoms with E-state index in [-0.39, 0.29) is 18.7 Å². The minimum absolute atomic E-state index is 0.0709. The van der Waals surface area contributed by atoms with Crippen molar-refractivity contribution >= 4 is 0 Å². The maximum absolute atomic E-state index is 12.3. The van der Waals surface area contributed by atoms with E-state index in [9.17, 15) is 18.3 Å². The molecule has 1 unspecified atom stereocenters. The molecule has 0 aliphatic carbocycles. The quantitative estimate of drug-likeness (QED) is 0.731. The average molecular weight is 374 g/mol. The molecule has 2 N–H and O–H groups in total. The van der Waals surface area contributed by atoms with Gasteiger partial charge in [-0.25, -0.2) is 0 Å². The van der Waals surface area contributed by atoms with Gasteiger partial charge in [0.05, 0.1) is 18.6 Å². The van der Waals surface area contributed by atoms with Gasteiger partial charge in [0.1, 0.15) is 5.75 Å². The predicted molar refractivity (Wildman–Crippen MR) is 95.3 cm³/mol. The summed E-state index contributed by atoms with van der Waals surface area (Å²) in [7, 11) is 0. The highest BCUT2D eigenvalue weighted by atomic mass is 19.4. The smallest absolute Gasteiger partial charge is 0.390 e. The van der Waals surface area contributed by atoms with Crippen molar-refractivity contribution in [2.45, 2.75) is 57.5 Å². The van der Waals surface area contributed by atoms with Crippen molar-refractivity contribution in [2.24, 2.45) is 0 Å². The number of nitrogens with one attached hydrogen (secondary N) is 1. The minimum atomic E-state index is -4.09. The third kappa shape index (κ3) is 7.51. The lowest BCUT2D eigenvalue weighted by atomic mass is 10.0. The molecule has 1 aliphatic heterocycles. The Balaban J connectivity index is 1.72. The zero-order valence-corrected chi connectivity index (χ0v) is 15.4. The number of likely N-dealkylation sites (tertiary alicyclic amines) is 1. The fraction of sp³-hybridized carbons (Fsp3) is 0.684. The van der Waals surface area contributed by atoms with Crippen molar-refractivity contribution in [1.82, 2.24) is 10.2 Å². The van der Waals surface area contributed by atoms with Gasteiger partial charge >= 0.3 is 6.18 Å². The van der Waals surface area contributed by atoms with Gasteiger partial charge in [-0.3, -0.25) is 0 Å². The molecule has 148 valence electrons. The molecule has 2 rings (SSSR count). The summed E-state index contributed by atoms with van der Waals surface area (Å²) in [6.07, 6.45) is -3.83. The van der Waals surface area contributed by atoms with E-state index in [0.29, 0.717) is 19.6 Å². The van der Waals surface area contributed by atoms with E-state index in [0.717, 1.165) is 24.2 Å². The van der Waals surface area contributed by atoms with Crippen LogP contribution in [-0.4, -0.2) is 54.5 Å². The van der Waals surface area contributed by atoms with Gasteiger partial charge in [0.15, 0.2) is 0 Å². The molecule has 1 saturated heterocycles. The van der Waals surface area contributed by atoms with Crippen molar-refractivity contribution < 1.29 is 23.0 Å². The second-order valence-corrected chi connectivity index (χ2v) is 7.14. The van der Waals surface area contributed by atoms with Gasteiger partial charge in [-0.05, 0) is 57.5 Å². The number of nitrogens with zero attached hydrogens (tertiary/aromatic N) is 1. The highest BCUT2D eigenvalue weighted by Gasteiger charge is 2.29. The van der Waals surface area contributed by atoms with E-state index >= 15 is 0 Å². The lowest BCUT2D eigenvalue weighted by Crippen LogP contribution is -2.44. The minimum Gasteiger partial charge on any atom is -0.491 e. The van der Waals surface area contributed by atoms with Crippen LogP contribution in [-0.2, 0) is 0 Å². The topological polar surface area (TPSA) is 44.7 Å². The molecule has 1 aromatic carbocycles. The molecule has 0 spiro atoms. The SMILES string of the molecule is CC(C)Oc1cccc(C(O)CNC2CCN(CCC(F)(F)F)CC2)c1. The molecular weight excluding hydrogens is 345 g/mol. The van der Waals surface area contributed by atoms with Crippen LogP contribution in [0.2, 0.25) is 0 Å². The maximum atomic E-state index is 12.3. The Morgan fingerprint density at radius 1 is 1.27 bits per heavy atom. The van der Waals surface area contributed by atoms with E-state index in [1.54, 1.807) is 0 Å². The zero-order chi connectivity index (χ0) is 19.2. The Bertz CT molecular complexity index is 544. The molecule has 1 fully saturated rings. The molecular formula is C19H29F3N2O2. The summed E-state index contributed by atoms with van der Waals surface area (Å²) >= 11 is 0. The van der Waals surface area contributed by atoms with E-state index < -0.39 is 18.7 Å². The third-order valence-corrected chi connectivity index (χ3v) is 4.51. The first-order chi connectivity index (χ1) is 12.2. The zero-order valence-electron chi connectivity index (χ0n) is 15.4. The number of rotatable bonds is 8. The standard InChI is InChI=1S/C19H29F3N2O2/c1-14(2)26-17-5-3-4-15(12-17)18(25)13-23-16-6-9-24(10-7-16)11-8-19(20,21)22/h3-5,12,14,16,18,23,25H,6-11,13H2,1-2H3. The highest BCUT2D eigenvalue weighted by molar-refractivity contribution is 5.30. The molecule has 7 heteroatoms. The number of alkyl halides is 3. The normalized spacial score (nSPS) is 18.3. The van der Waals surface area contributed by atoms with E-state index in [2.05, 4.69) is 5.32 Å². The summed E-state index contributed by atoms with van der Waals surface area (Å²) in [4.78, 5) is 1.86. The summed E-state index contributed by atoms with van der Waals surface area (Å²) in [5, 5.41) is 13.7. The first kappa shape index (κ1) is 21.0. The van der Waals surface area contributed by atoms with Gasteiger partial charge < -0.3 is 20.1 Å². The fourth-order valence-electron chi connectivity index (χ4n) is 3.11. The highest BCUT2D eigenvalue weighted by Crippen LogP contribution is 2.22. The molecule has 1 heterocycles. The molecule has 1 atom stereocenters. The number of aliphatic hydroxyl groups excluding tert-OH is 1. The maximum Gasteiger partial charge on any atom is 0.390 e. The number of halogens is 3. The number of piperidine rings is 1. The summed E-state index contributed by atoms with van der Waals surface area (Å²) < 4.78 is 42.5. The van der Waals surface area contributed by atoms with Crippen LogP contribution in [0.1, 0.15) is 44.8 Å². The largest absolute Gasteiger partial charge is 0.491 e. The summed E-state index contributed by atoms with van der Waals surface area (Å²) in [5.74, 6) is 0.731. The first-order valence-electron chi connectivity index (χ1n) is 9.20. The van der Waals surface area contributed by atoms with Crippen molar-refractivity contribution in [2.75, 3.05) is 26.2 Å². The number of hydrogen-bond donors (Lipinski definition) is 2.